The Morgan fingerprint density at radius 1 is 1.24 bits per heavy atom. The van der Waals surface area contributed by atoms with Crippen LogP contribution in [0.25, 0.3) is 10.2 Å². The number of thioether (sulfide) groups is 1. The van der Waals surface area contributed by atoms with Gasteiger partial charge in [-0.2, -0.15) is 0 Å². The Hall–Kier alpha value is -1.38. The molecule has 1 fully saturated rings. The number of amides is 1. The number of hydrogen-bond acceptors (Lipinski definition) is 7. The quantitative estimate of drug-likeness (QED) is 0.654. The number of nitrogens with zero attached hydrogens (tertiary/aromatic N) is 4. The van der Waals surface area contributed by atoms with Gasteiger partial charge in [0.05, 0.1) is 11.1 Å². The highest BCUT2D eigenvalue weighted by molar-refractivity contribution is 7.99. The van der Waals surface area contributed by atoms with Gasteiger partial charge in [-0.1, -0.05) is 11.8 Å². The number of thiophene rings is 1. The predicted octanol–water partition coefficient (Wildman–Crippen LogP) is 2.37. The molecule has 2 aromatic rings. The van der Waals surface area contributed by atoms with Gasteiger partial charge in [0, 0.05) is 31.1 Å². The zero-order chi connectivity index (χ0) is 17.4. The van der Waals surface area contributed by atoms with E-state index in [1.165, 1.54) is 28.6 Å². The van der Waals surface area contributed by atoms with Gasteiger partial charge in [0.15, 0.2) is 5.16 Å². The van der Waals surface area contributed by atoms with Crippen molar-refractivity contribution in [2.75, 3.05) is 38.2 Å². The minimum Gasteiger partial charge on any atom is -0.383 e. The summed E-state index contributed by atoms with van der Waals surface area (Å²) >= 11 is 3.11. The van der Waals surface area contributed by atoms with Crippen LogP contribution in [-0.2, 0) is 17.8 Å². The number of carbonyl (C=O) groups is 1. The highest BCUT2D eigenvalue weighted by Gasteiger charge is 2.23. The summed E-state index contributed by atoms with van der Waals surface area (Å²) in [6.45, 7) is 3.75. The topological polar surface area (TPSA) is 75.4 Å². The van der Waals surface area contributed by atoms with Gasteiger partial charge >= 0.3 is 0 Å². The van der Waals surface area contributed by atoms with Gasteiger partial charge in [0.2, 0.25) is 5.91 Å². The van der Waals surface area contributed by atoms with Crippen molar-refractivity contribution in [1.82, 2.24) is 19.8 Å². The SMILES string of the molecule is CN1CCc2c(sc3nc(SCC(=O)N4CCCCC4)nc(N)c23)C1. The van der Waals surface area contributed by atoms with E-state index >= 15 is 0 Å². The molecular weight excluding hydrogens is 354 g/mol. The number of rotatable bonds is 3. The van der Waals surface area contributed by atoms with E-state index in [-0.39, 0.29) is 5.91 Å². The van der Waals surface area contributed by atoms with Gasteiger partial charge in [-0.15, -0.1) is 11.3 Å². The number of hydrogen-bond donors (Lipinski definition) is 1. The predicted molar refractivity (Wildman–Crippen MR) is 103 cm³/mol. The fraction of sp³-hybridized carbons (Fsp3) is 0.588. The smallest absolute Gasteiger partial charge is 0.233 e. The summed E-state index contributed by atoms with van der Waals surface area (Å²) in [5.41, 5.74) is 7.56. The first-order valence-corrected chi connectivity index (χ1v) is 10.6. The first-order valence-electron chi connectivity index (χ1n) is 8.78. The van der Waals surface area contributed by atoms with Gasteiger partial charge in [-0.25, -0.2) is 9.97 Å². The molecule has 0 bridgehead atoms. The molecule has 2 N–H and O–H groups in total. The lowest BCUT2D eigenvalue weighted by Gasteiger charge is -2.26. The molecular formula is C17H23N5OS2. The van der Waals surface area contributed by atoms with E-state index < -0.39 is 0 Å². The van der Waals surface area contributed by atoms with E-state index in [4.69, 9.17) is 5.73 Å². The Morgan fingerprint density at radius 3 is 2.84 bits per heavy atom. The van der Waals surface area contributed by atoms with Crippen LogP contribution in [-0.4, -0.2) is 58.1 Å². The van der Waals surface area contributed by atoms with Crippen molar-refractivity contribution in [3.63, 3.8) is 0 Å². The molecule has 1 saturated heterocycles. The molecule has 0 unspecified atom stereocenters. The number of anilines is 1. The summed E-state index contributed by atoms with van der Waals surface area (Å²) in [5, 5.41) is 1.64. The molecule has 25 heavy (non-hydrogen) atoms. The molecule has 1 amide bonds. The van der Waals surface area contributed by atoms with Crippen LogP contribution in [0.15, 0.2) is 5.16 Å². The maximum absolute atomic E-state index is 12.3. The molecule has 0 aromatic carbocycles. The third-order valence-corrected chi connectivity index (χ3v) is 6.87. The normalized spacial score (nSPS) is 18.5. The Morgan fingerprint density at radius 2 is 2.04 bits per heavy atom. The van der Waals surface area contributed by atoms with E-state index in [0.717, 1.165) is 55.7 Å². The van der Waals surface area contributed by atoms with Crippen molar-refractivity contribution in [3.8, 4) is 0 Å². The van der Waals surface area contributed by atoms with Gasteiger partial charge in [-0.3, -0.25) is 4.79 Å². The number of likely N-dealkylation sites (tertiary alicyclic amines) is 1. The lowest BCUT2D eigenvalue weighted by Crippen LogP contribution is -2.36. The summed E-state index contributed by atoms with van der Waals surface area (Å²) in [7, 11) is 2.13. The molecule has 2 aliphatic rings. The number of piperidine rings is 1. The van der Waals surface area contributed by atoms with Crippen molar-refractivity contribution in [3.05, 3.63) is 10.4 Å². The summed E-state index contributed by atoms with van der Waals surface area (Å²) in [4.78, 5) is 28.1. The zero-order valence-electron chi connectivity index (χ0n) is 14.5. The Kier molecular flexibility index (Phi) is 4.84. The number of aromatic nitrogens is 2. The Balaban J connectivity index is 1.52. The molecule has 0 radical (unpaired) electrons. The summed E-state index contributed by atoms with van der Waals surface area (Å²) in [5.74, 6) is 1.12. The van der Waals surface area contributed by atoms with Crippen molar-refractivity contribution >= 4 is 45.0 Å². The van der Waals surface area contributed by atoms with Crippen LogP contribution in [0.5, 0.6) is 0 Å². The van der Waals surface area contributed by atoms with Crippen LogP contribution >= 0.6 is 23.1 Å². The number of fused-ring (bicyclic) bond motifs is 3. The van der Waals surface area contributed by atoms with Gasteiger partial charge < -0.3 is 15.5 Å². The summed E-state index contributed by atoms with van der Waals surface area (Å²) in [6, 6.07) is 0. The standard InChI is InChI=1S/C17H23N5OS2/c1-21-8-5-11-12(9-21)25-16-14(11)15(18)19-17(20-16)24-10-13(23)22-6-3-2-4-7-22/h2-10H2,1H3,(H2,18,19,20). The number of nitrogen functional groups attached to an aromatic ring is 1. The van der Waals surface area contributed by atoms with Crippen LogP contribution in [0, 0.1) is 0 Å². The molecule has 4 heterocycles. The minimum absolute atomic E-state index is 0.180. The summed E-state index contributed by atoms with van der Waals surface area (Å²) in [6.07, 6.45) is 4.45. The molecule has 0 saturated carbocycles. The van der Waals surface area contributed by atoms with Crippen LogP contribution in [0.1, 0.15) is 29.7 Å². The summed E-state index contributed by atoms with van der Waals surface area (Å²) < 4.78 is 0. The number of likely N-dealkylation sites (N-methyl/N-ethyl adjacent to an activating group) is 1. The lowest BCUT2D eigenvalue weighted by atomic mass is 10.1. The molecule has 2 aromatic heterocycles. The molecule has 134 valence electrons. The van der Waals surface area contributed by atoms with Crippen LogP contribution < -0.4 is 5.73 Å². The average Bonchev–Trinajstić information content (AvgIpc) is 2.98. The van der Waals surface area contributed by atoms with Crippen molar-refractivity contribution < 1.29 is 4.79 Å². The first kappa shape index (κ1) is 17.1. The molecule has 8 heteroatoms. The lowest BCUT2D eigenvalue weighted by molar-refractivity contribution is -0.129. The second-order valence-electron chi connectivity index (χ2n) is 6.79. The van der Waals surface area contributed by atoms with E-state index in [1.54, 1.807) is 11.3 Å². The second-order valence-corrected chi connectivity index (χ2v) is 8.82. The van der Waals surface area contributed by atoms with Gasteiger partial charge in [0.25, 0.3) is 0 Å². The largest absolute Gasteiger partial charge is 0.383 e. The molecule has 0 aliphatic carbocycles. The van der Waals surface area contributed by atoms with Crippen molar-refractivity contribution in [2.24, 2.45) is 0 Å². The molecule has 4 rings (SSSR count). The fourth-order valence-electron chi connectivity index (χ4n) is 3.56. The van der Waals surface area contributed by atoms with Gasteiger partial charge in [-0.05, 0) is 38.3 Å². The molecule has 0 atom stereocenters. The molecule has 6 nitrogen and oxygen atoms in total. The Bertz CT molecular complexity index is 800. The van der Waals surface area contributed by atoms with E-state index in [2.05, 4.69) is 21.9 Å². The second kappa shape index (κ2) is 7.09. The maximum atomic E-state index is 12.3. The molecule has 0 spiro atoms. The highest BCUT2D eigenvalue weighted by Crippen LogP contribution is 2.37. The van der Waals surface area contributed by atoms with Crippen LogP contribution in [0.2, 0.25) is 0 Å². The van der Waals surface area contributed by atoms with E-state index in [0.29, 0.717) is 16.7 Å². The van der Waals surface area contributed by atoms with Crippen LogP contribution in [0.4, 0.5) is 5.82 Å². The van der Waals surface area contributed by atoms with E-state index in [9.17, 15) is 4.79 Å². The molecule has 2 aliphatic heterocycles. The third-order valence-electron chi connectivity index (χ3n) is 4.93. The van der Waals surface area contributed by atoms with Crippen molar-refractivity contribution in [2.45, 2.75) is 37.4 Å². The first-order chi connectivity index (χ1) is 12.1. The van der Waals surface area contributed by atoms with Crippen LogP contribution in [0.3, 0.4) is 0 Å². The van der Waals surface area contributed by atoms with Gasteiger partial charge in [0.1, 0.15) is 10.6 Å². The Labute approximate surface area is 155 Å². The average molecular weight is 378 g/mol. The zero-order valence-corrected chi connectivity index (χ0v) is 16.1. The van der Waals surface area contributed by atoms with Crippen molar-refractivity contribution in [1.29, 1.82) is 0 Å². The third kappa shape index (κ3) is 3.47. The number of carbonyl (C=O) groups excluding carboxylic acids is 1. The number of nitrogens with two attached hydrogens (primary N) is 1. The minimum atomic E-state index is 0.180. The maximum Gasteiger partial charge on any atom is 0.233 e. The monoisotopic (exact) mass is 377 g/mol. The fourth-order valence-corrected chi connectivity index (χ4v) is 5.68. The highest BCUT2D eigenvalue weighted by atomic mass is 32.2. The van der Waals surface area contributed by atoms with E-state index in [1.807, 2.05) is 4.90 Å².